The van der Waals surface area contributed by atoms with Gasteiger partial charge in [-0.1, -0.05) is 20.8 Å². The van der Waals surface area contributed by atoms with Crippen LogP contribution >= 0.6 is 7.75 Å². The molecule has 0 unspecified atom stereocenters. The molecule has 0 fully saturated rings. The summed E-state index contributed by atoms with van der Waals surface area (Å²) < 4.78 is 23.4. The number of Topliss-reactive ketones (excluding diaryl/α,β-unsaturated/α-hetero) is 1. The van der Waals surface area contributed by atoms with E-state index in [4.69, 9.17) is 9.05 Å². The summed E-state index contributed by atoms with van der Waals surface area (Å²) in [5, 5.41) is 2.98. The summed E-state index contributed by atoms with van der Waals surface area (Å²) in [6.07, 6.45) is 3.16. The van der Waals surface area contributed by atoms with E-state index in [2.05, 4.69) is 5.09 Å². The van der Waals surface area contributed by atoms with E-state index < -0.39 is 13.3 Å². The summed E-state index contributed by atoms with van der Waals surface area (Å²) in [5.41, 5.74) is -0.470. The molecule has 20 heavy (non-hydrogen) atoms. The summed E-state index contributed by atoms with van der Waals surface area (Å²) in [7, 11) is -3.30. The highest BCUT2D eigenvalue weighted by molar-refractivity contribution is 7.51. The molecule has 1 N–H and O–H groups in total. The Hall–Kier alpha value is -0.220. The lowest BCUT2D eigenvalue weighted by Gasteiger charge is -2.30. The van der Waals surface area contributed by atoms with Crippen LogP contribution in [-0.4, -0.2) is 24.5 Å². The van der Waals surface area contributed by atoms with Crippen LogP contribution in [0.3, 0.4) is 0 Å². The summed E-state index contributed by atoms with van der Waals surface area (Å²) >= 11 is 0. The van der Waals surface area contributed by atoms with Crippen LogP contribution in [0.15, 0.2) is 0 Å². The highest BCUT2D eigenvalue weighted by atomic mass is 31.2. The van der Waals surface area contributed by atoms with E-state index in [0.717, 1.165) is 12.8 Å². The highest BCUT2D eigenvalue weighted by Crippen LogP contribution is 2.46. The van der Waals surface area contributed by atoms with Crippen molar-refractivity contribution in [3.63, 3.8) is 0 Å². The number of hydrogen-bond acceptors (Lipinski definition) is 4. The minimum absolute atomic E-state index is 0.207. The molecule has 120 valence electrons. The molecule has 6 heteroatoms. The van der Waals surface area contributed by atoms with Crippen molar-refractivity contribution in [3.8, 4) is 0 Å². The molecule has 0 atom stereocenters. The Morgan fingerprint density at radius 2 is 1.60 bits per heavy atom. The van der Waals surface area contributed by atoms with Crippen LogP contribution in [0.5, 0.6) is 0 Å². The third-order valence-corrected chi connectivity index (χ3v) is 4.72. The lowest BCUT2D eigenvalue weighted by Crippen LogP contribution is -2.38. The Bertz CT molecular complexity index is 319. The van der Waals surface area contributed by atoms with Gasteiger partial charge in [0.2, 0.25) is 0 Å². The third kappa shape index (κ3) is 8.85. The first-order valence-electron chi connectivity index (χ1n) is 7.48. The summed E-state index contributed by atoms with van der Waals surface area (Å²) in [6, 6.07) is 0. The van der Waals surface area contributed by atoms with Crippen molar-refractivity contribution in [2.45, 2.75) is 72.3 Å². The number of nitrogens with one attached hydrogen (secondary N) is 1. The Kier molecular flexibility index (Phi) is 9.56. The maximum absolute atomic E-state index is 12.6. The van der Waals surface area contributed by atoms with E-state index in [0.29, 0.717) is 32.5 Å². The van der Waals surface area contributed by atoms with Crippen LogP contribution in [0.2, 0.25) is 0 Å². The van der Waals surface area contributed by atoms with Crippen LogP contribution in [0.1, 0.15) is 66.7 Å². The van der Waals surface area contributed by atoms with Crippen molar-refractivity contribution in [2.75, 3.05) is 13.2 Å². The fraction of sp³-hybridized carbons (Fsp3) is 0.929. The second kappa shape index (κ2) is 9.67. The van der Waals surface area contributed by atoms with Crippen molar-refractivity contribution in [1.29, 1.82) is 0 Å². The Morgan fingerprint density at radius 1 is 1.10 bits per heavy atom. The number of rotatable bonds is 12. The molecule has 0 aliphatic rings. The zero-order valence-electron chi connectivity index (χ0n) is 13.5. The van der Waals surface area contributed by atoms with Gasteiger partial charge in [0.1, 0.15) is 5.78 Å². The largest absolute Gasteiger partial charge is 0.405 e. The molecule has 0 aromatic carbocycles. The molecule has 0 aliphatic heterocycles. The van der Waals surface area contributed by atoms with Crippen molar-refractivity contribution in [1.82, 2.24) is 5.09 Å². The number of carbonyl (C=O) groups excluding carboxylic acids is 1. The molecule has 0 bridgehead atoms. The SMILES string of the molecule is CCCOP(=O)(NC(C)(C)CCC(=O)CC)OCCC. The van der Waals surface area contributed by atoms with E-state index in [1.165, 1.54) is 0 Å². The van der Waals surface area contributed by atoms with Crippen LogP contribution in [0.4, 0.5) is 0 Å². The first-order valence-corrected chi connectivity index (χ1v) is 9.03. The van der Waals surface area contributed by atoms with E-state index in [9.17, 15) is 9.36 Å². The molecule has 0 heterocycles. The fourth-order valence-electron chi connectivity index (χ4n) is 1.58. The van der Waals surface area contributed by atoms with Gasteiger partial charge in [-0.2, -0.15) is 0 Å². The molecule has 0 radical (unpaired) electrons. The maximum atomic E-state index is 12.6. The average Bonchev–Trinajstić information content (AvgIpc) is 2.40. The lowest BCUT2D eigenvalue weighted by atomic mass is 9.98. The first kappa shape index (κ1) is 19.8. The summed E-state index contributed by atoms with van der Waals surface area (Å²) in [5.74, 6) is 0.207. The van der Waals surface area contributed by atoms with E-state index >= 15 is 0 Å². The van der Waals surface area contributed by atoms with Crippen molar-refractivity contribution < 1.29 is 18.4 Å². The van der Waals surface area contributed by atoms with Crippen molar-refractivity contribution >= 4 is 13.5 Å². The predicted octanol–water partition coefficient (Wildman–Crippen LogP) is 4.08. The van der Waals surface area contributed by atoms with Gasteiger partial charge >= 0.3 is 7.75 Å². The van der Waals surface area contributed by atoms with Crippen molar-refractivity contribution in [2.24, 2.45) is 0 Å². The first-order chi connectivity index (χ1) is 9.28. The predicted molar refractivity (Wildman–Crippen MR) is 81.8 cm³/mol. The van der Waals surface area contributed by atoms with Crippen LogP contribution in [0.25, 0.3) is 0 Å². The molecule has 0 saturated heterocycles. The highest BCUT2D eigenvalue weighted by Gasteiger charge is 2.32. The quantitative estimate of drug-likeness (QED) is 0.550. The molecule has 0 aliphatic carbocycles. The zero-order valence-corrected chi connectivity index (χ0v) is 14.4. The van der Waals surface area contributed by atoms with E-state index in [-0.39, 0.29) is 5.78 Å². The molecule has 0 aromatic rings. The monoisotopic (exact) mass is 307 g/mol. The summed E-state index contributed by atoms with van der Waals surface area (Å²) in [6.45, 7) is 10.4. The molecular formula is C14H30NO4P. The number of hydrogen-bond donors (Lipinski definition) is 1. The smallest absolute Gasteiger partial charge is 0.300 e. The Balaban J connectivity index is 4.59. The standard InChI is InChI=1S/C14H30NO4P/c1-6-11-18-20(17,19-12-7-2)15-14(4,5)10-9-13(16)8-3/h6-12H2,1-5H3,(H,15,17). The molecule has 5 nitrogen and oxygen atoms in total. The molecule has 0 aromatic heterocycles. The van der Waals surface area contributed by atoms with Crippen molar-refractivity contribution in [3.05, 3.63) is 0 Å². The van der Waals surface area contributed by atoms with E-state index in [1.54, 1.807) is 0 Å². The topological polar surface area (TPSA) is 64.6 Å². The van der Waals surface area contributed by atoms with Crippen LogP contribution in [0, 0.1) is 0 Å². The van der Waals surface area contributed by atoms with Gasteiger partial charge in [-0.05, 0) is 33.1 Å². The minimum atomic E-state index is -3.30. The average molecular weight is 307 g/mol. The van der Waals surface area contributed by atoms with Gasteiger partial charge in [-0.25, -0.2) is 9.65 Å². The van der Waals surface area contributed by atoms with Gasteiger partial charge in [-0.3, -0.25) is 13.8 Å². The lowest BCUT2D eigenvalue weighted by molar-refractivity contribution is -0.119. The number of ketones is 1. The minimum Gasteiger partial charge on any atom is -0.300 e. The molecule has 0 rings (SSSR count). The zero-order chi connectivity index (χ0) is 15.6. The van der Waals surface area contributed by atoms with Gasteiger partial charge in [0, 0.05) is 18.4 Å². The second-order valence-corrected chi connectivity index (χ2v) is 7.29. The fourth-order valence-corrected chi connectivity index (χ4v) is 3.48. The maximum Gasteiger partial charge on any atom is 0.405 e. The van der Waals surface area contributed by atoms with Gasteiger partial charge in [-0.15, -0.1) is 0 Å². The Morgan fingerprint density at radius 3 is 2.00 bits per heavy atom. The third-order valence-electron chi connectivity index (χ3n) is 2.79. The molecule has 0 spiro atoms. The van der Waals surface area contributed by atoms with Crippen LogP contribution < -0.4 is 5.09 Å². The number of carbonyl (C=O) groups is 1. The molecule has 0 saturated carbocycles. The molecule has 0 amide bonds. The van der Waals surface area contributed by atoms with Gasteiger partial charge in [0.05, 0.1) is 13.2 Å². The summed E-state index contributed by atoms with van der Waals surface area (Å²) in [4.78, 5) is 11.4. The van der Waals surface area contributed by atoms with Gasteiger partial charge in [0.25, 0.3) is 0 Å². The van der Waals surface area contributed by atoms with Gasteiger partial charge < -0.3 is 0 Å². The van der Waals surface area contributed by atoms with Gasteiger partial charge in [0.15, 0.2) is 0 Å². The van der Waals surface area contributed by atoms with Crippen LogP contribution in [-0.2, 0) is 18.4 Å². The molecular weight excluding hydrogens is 277 g/mol. The Labute approximate surface area is 123 Å². The van der Waals surface area contributed by atoms with E-state index in [1.807, 2.05) is 34.6 Å². The second-order valence-electron chi connectivity index (χ2n) is 5.55. The normalized spacial score (nSPS) is 12.7.